The molecule has 0 radical (unpaired) electrons. The zero-order chi connectivity index (χ0) is 20.9. The second kappa shape index (κ2) is 9.11. The SMILES string of the molecule is COc1ccc(NC(=O)N(Cc2c[nH]c3ccccc23)C2CCCCC2)c(OC)c1. The fourth-order valence-corrected chi connectivity index (χ4v) is 4.29. The van der Waals surface area contributed by atoms with E-state index in [4.69, 9.17) is 9.47 Å². The van der Waals surface area contributed by atoms with Gasteiger partial charge in [0, 0.05) is 35.8 Å². The number of rotatable bonds is 6. The number of amides is 2. The van der Waals surface area contributed by atoms with Gasteiger partial charge in [0.05, 0.1) is 19.9 Å². The van der Waals surface area contributed by atoms with Crippen molar-refractivity contribution in [2.45, 2.75) is 44.7 Å². The molecule has 3 aromatic rings. The van der Waals surface area contributed by atoms with Crippen molar-refractivity contribution in [3.05, 3.63) is 54.2 Å². The minimum atomic E-state index is -0.101. The third-order valence-corrected chi connectivity index (χ3v) is 5.94. The van der Waals surface area contributed by atoms with Crippen LogP contribution in [0.1, 0.15) is 37.7 Å². The summed E-state index contributed by atoms with van der Waals surface area (Å²) in [5.74, 6) is 1.27. The summed E-state index contributed by atoms with van der Waals surface area (Å²) in [5, 5.41) is 4.23. The molecular formula is C24H29N3O3. The molecule has 0 spiro atoms. The number of carbonyl (C=O) groups excluding carboxylic acids is 1. The Hall–Kier alpha value is -3.15. The number of urea groups is 1. The molecule has 1 aromatic heterocycles. The van der Waals surface area contributed by atoms with Crippen LogP contribution in [0.15, 0.2) is 48.7 Å². The summed E-state index contributed by atoms with van der Waals surface area (Å²) in [6.45, 7) is 0.568. The van der Waals surface area contributed by atoms with E-state index in [-0.39, 0.29) is 12.1 Å². The van der Waals surface area contributed by atoms with Gasteiger partial charge in [0.15, 0.2) is 0 Å². The number of carbonyl (C=O) groups is 1. The van der Waals surface area contributed by atoms with Crippen LogP contribution >= 0.6 is 0 Å². The average Bonchev–Trinajstić information content (AvgIpc) is 3.21. The maximum absolute atomic E-state index is 13.4. The zero-order valence-electron chi connectivity index (χ0n) is 17.6. The standard InChI is InChI=1S/C24H29N3O3/c1-29-19-12-13-22(23(14-19)30-2)26-24(28)27(18-8-4-3-5-9-18)16-17-15-25-21-11-7-6-10-20(17)21/h6-7,10-15,18,25H,3-5,8-9,16H2,1-2H3,(H,26,28). The van der Waals surface area contributed by atoms with Crippen LogP contribution in [0.2, 0.25) is 0 Å². The predicted molar refractivity (Wildman–Crippen MR) is 119 cm³/mol. The number of benzene rings is 2. The summed E-state index contributed by atoms with van der Waals surface area (Å²) in [6.07, 6.45) is 7.65. The van der Waals surface area contributed by atoms with E-state index < -0.39 is 0 Å². The predicted octanol–water partition coefficient (Wildman–Crippen LogP) is 5.55. The summed E-state index contributed by atoms with van der Waals surface area (Å²) in [6, 6.07) is 13.8. The number of anilines is 1. The van der Waals surface area contributed by atoms with Crippen LogP contribution in [-0.2, 0) is 6.54 Å². The Labute approximate surface area is 177 Å². The molecule has 0 unspecified atom stereocenters. The summed E-state index contributed by atoms with van der Waals surface area (Å²) in [5.41, 5.74) is 2.87. The summed E-state index contributed by atoms with van der Waals surface area (Å²) < 4.78 is 10.7. The van der Waals surface area contributed by atoms with Gasteiger partial charge in [-0.05, 0) is 36.6 Å². The lowest BCUT2D eigenvalue weighted by Gasteiger charge is -2.34. The van der Waals surface area contributed by atoms with Crippen LogP contribution in [-0.4, -0.2) is 36.2 Å². The molecule has 6 heteroatoms. The van der Waals surface area contributed by atoms with Crippen molar-refractivity contribution in [2.24, 2.45) is 0 Å². The normalized spacial score (nSPS) is 14.5. The molecule has 1 fully saturated rings. The molecule has 4 rings (SSSR count). The Bertz CT molecular complexity index is 1010. The molecule has 158 valence electrons. The van der Waals surface area contributed by atoms with Gasteiger partial charge in [-0.2, -0.15) is 0 Å². The molecule has 0 atom stereocenters. The van der Waals surface area contributed by atoms with Gasteiger partial charge in [0.2, 0.25) is 0 Å². The maximum Gasteiger partial charge on any atom is 0.322 e. The maximum atomic E-state index is 13.4. The average molecular weight is 408 g/mol. The van der Waals surface area contributed by atoms with Crippen molar-refractivity contribution in [3.63, 3.8) is 0 Å². The number of para-hydroxylation sites is 1. The molecule has 6 nitrogen and oxygen atoms in total. The topological polar surface area (TPSA) is 66.6 Å². The van der Waals surface area contributed by atoms with Gasteiger partial charge in [-0.25, -0.2) is 4.79 Å². The molecule has 1 heterocycles. The van der Waals surface area contributed by atoms with Crippen molar-refractivity contribution in [2.75, 3.05) is 19.5 Å². The molecule has 0 aliphatic heterocycles. The second-order valence-electron chi connectivity index (χ2n) is 7.78. The van der Waals surface area contributed by atoms with E-state index in [0.29, 0.717) is 23.7 Å². The van der Waals surface area contributed by atoms with E-state index in [1.54, 1.807) is 20.3 Å². The summed E-state index contributed by atoms with van der Waals surface area (Å²) in [4.78, 5) is 18.7. The molecular weight excluding hydrogens is 378 g/mol. The van der Waals surface area contributed by atoms with Crippen LogP contribution in [0.5, 0.6) is 11.5 Å². The van der Waals surface area contributed by atoms with Gasteiger partial charge in [0.25, 0.3) is 0 Å². The molecule has 2 aromatic carbocycles. The number of hydrogen-bond acceptors (Lipinski definition) is 3. The van der Waals surface area contributed by atoms with Crippen LogP contribution in [0.3, 0.4) is 0 Å². The highest BCUT2D eigenvalue weighted by atomic mass is 16.5. The number of methoxy groups -OCH3 is 2. The number of nitrogens with one attached hydrogen (secondary N) is 2. The van der Waals surface area contributed by atoms with Gasteiger partial charge in [0.1, 0.15) is 11.5 Å². The van der Waals surface area contributed by atoms with E-state index in [1.165, 1.54) is 6.42 Å². The van der Waals surface area contributed by atoms with E-state index in [1.807, 2.05) is 35.4 Å². The van der Waals surface area contributed by atoms with Crippen LogP contribution in [0, 0.1) is 0 Å². The number of ether oxygens (including phenoxy) is 2. The number of aromatic amines is 1. The highest BCUT2D eigenvalue weighted by molar-refractivity contribution is 5.92. The number of fused-ring (bicyclic) bond motifs is 1. The van der Waals surface area contributed by atoms with Crippen LogP contribution in [0.25, 0.3) is 10.9 Å². The Morgan fingerprint density at radius 1 is 1.10 bits per heavy atom. The van der Waals surface area contributed by atoms with E-state index >= 15 is 0 Å². The lowest BCUT2D eigenvalue weighted by Crippen LogP contribution is -2.43. The van der Waals surface area contributed by atoms with Gasteiger partial charge >= 0.3 is 6.03 Å². The first-order valence-corrected chi connectivity index (χ1v) is 10.5. The molecule has 1 aliphatic rings. The zero-order valence-corrected chi connectivity index (χ0v) is 17.6. The molecule has 30 heavy (non-hydrogen) atoms. The smallest absolute Gasteiger partial charge is 0.322 e. The number of aromatic nitrogens is 1. The Balaban J connectivity index is 1.60. The van der Waals surface area contributed by atoms with E-state index in [0.717, 1.165) is 42.1 Å². The highest BCUT2D eigenvalue weighted by Crippen LogP contribution is 2.31. The van der Waals surface area contributed by atoms with Crippen molar-refractivity contribution < 1.29 is 14.3 Å². The van der Waals surface area contributed by atoms with E-state index in [2.05, 4.69) is 22.4 Å². The minimum absolute atomic E-state index is 0.101. The quantitative estimate of drug-likeness (QED) is 0.563. The first kappa shape index (κ1) is 20.1. The molecule has 0 saturated heterocycles. The second-order valence-corrected chi connectivity index (χ2v) is 7.78. The van der Waals surface area contributed by atoms with Gasteiger partial charge in [-0.1, -0.05) is 37.5 Å². The molecule has 0 bridgehead atoms. The van der Waals surface area contributed by atoms with Crippen molar-refractivity contribution in [1.29, 1.82) is 0 Å². The first-order chi connectivity index (χ1) is 14.7. The largest absolute Gasteiger partial charge is 0.497 e. The third-order valence-electron chi connectivity index (χ3n) is 5.94. The van der Waals surface area contributed by atoms with Crippen molar-refractivity contribution in [3.8, 4) is 11.5 Å². The van der Waals surface area contributed by atoms with Gasteiger partial charge in [-0.3, -0.25) is 0 Å². The molecule has 2 amide bonds. The summed E-state index contributed by atoms with van der Waals surface area (Å²) >= 11 is 0. The van der Waals surface area contributed by atoms with Crippen LogP contribution in [0.4, 0.5) is 10.5 Å². The number of nitrogens with zero attached hydrogens (tertiary/aromatic N) is 1. The first-order valence-electron chi connectivity index (χ1n) is 10.5. The highest BCUT2D eigenvalue weighted by Gasteiger charge is 2.27. The fraction of sp³-hybridized carbons (Fsp3) is 0.375. The minimum Gasteiger partial charge on any atom is -0.497 e. The Kier molecular flexibility index (Phi) is 6.12. The van der Waals surface area contributed by atoms with Crippen molar-refractivity contribution >= 4 is 22.6 Å². The van der Waals surface area contributed by atoms with Gasteiger partial charge in [-0.15, -0.1) is 0 Å². The van der Waals surface area contributed by atoms with Crippen molar-refractivity contribution in [1.82, 2.24) is 9.88 Å². The molecule has 2 N–H and O–H groups in total. The number of H-pyrrole nitrogens is 1. The van der Waals surface area contributed by atoms with Gasteiger partial charge < -0.3 is 24.7 Å². The lowest BCUT2D eigenvalue weighted by molar-refractivity contribution is 0.163. The monoisotopic (exact) mass is 407 g/mol. The Morgan fingerprint density at radius 3 is 2.67 bits per heavy atom. The molecule has 1 aliphatic carbocycles. The Morgan fingerprint density at radius 2 is 1.90 bits per heavy atom. The van der Waals surface area contributed by atoms with Crippen LogP contribution < -0.4 is 14.8 Å². The van der Waals surface area contributed by atoms with E-state index in [9.17, 15) is 4.79 Å². The summed E-state index contributed by atoms with van der Waals surface area (Å²) in [7, 11) is 3.20. The fourth-order valence-electron chi connectivity index (χ4n) is 4.29. The molecule has 1 saturated carbocycles. The lowest BCUT2D eigenvalue weighted by atomic mass is 9.94. The third kappa shape index (κ3) is 4.22. The number of hydrogen-bond donors (Lipinski definition) is 2.